The number of rotatable bonds is 2. The minimum absolute atomic E-state index is 0.303. The summed E-state index contributed by atoms with van der Waals surface area (Å²) in [6, 6.07) is 5.38. The number of benzene rings is 1. The quantitative estimate of drug-likeness (QED) is 0.757. The number of imidazole rings is 1. The van der Waals surface area contributed by atoms with Gasteiger partial charge in [-0.2, -0.15) is 0 Å². The Bertz CT molecular complexity index is 421. The molecular formula is C11H12N2O. The first-order valence-corrected chi connectivity index (χ1v) is 4.52. The van der Waals surface area contributed by atoms with E-state index in [1.807, 2.05) is 13.0 Å². The first-order valence-electron chi connectivity index (χ1n) is 4.52. The van der Waals surface area contributed by atoms with Crippen LogP contribution in [0.3, 0.4) is 0 Å². The molecule has 3 heteroatoms. The van der Waals surface area contributed by atoms with Gasteiger partial charge in [0.2, 0.25) is 0 Å². The Morgan fingerprint density at radius 2 is 2.29 bits per heavy atom. The van der Waals surface area contributed by atoms with Crippen LogP contribution in [0.4, 0.5) is 0 Å². The molecule has 0 aliphatic heterocycles. The molecule has 0 spiro atoms. The number of hydrogen-bond acceptors (Lipinski definition) is 2. The molecule has 0 radical (unpaired) electrons. The van der Waals surface area contributed by atoms with Gasteiger partial charge in [-0.05, 0) is 30.2 Å². The second kappa shape index (κ2) is 3.54. The van der Waals surface area contributed by atoms with E-state index in [-0.39, 0.29) is 0 Å². The zero-order chi connectivity index (χ0) is 9.97. The summed E-state index contributed by atoms with van der Waals surface area (Å²) in [5, 5.41) is 9.34. The Hall–Kier alpha value is -1.77. The standard InChI is InChI=1S/C11H12N2O/c1-8-2-3-10(14)6-9(8)7-11-12-4-5-13-11/h2-6,14H,7H2,1H3,(H,12,13). The summed E-state index contributed by atoms with van der Waals surface area (Å²) in [6.07, 6.45) is 4.26. The number of nitrogens with one attached hydrogen (secondary N) is 1. The molecule has 1 aromatic carbocycles. The zero-order valence-corrected chi connectivity index (χ0v) is 7.99. The lowest BCUT2D eigenvalue weighted by atomic mass is 10.1. The predicted octanol–water partition coefficient (Wildman–Crippen LogP) is 2.01. The Morgan fingerprint density at radius 3 is 3.00 bits per heavy atom. The number of aromatic hydroxyl groups is 1. The summed E-state index contributed by atoms with van der Waals surface area (Å²) in [4.78, 5) is 7.18. The Labute approximate surface area is 82.4 Å². The maximum Gasteiger partial charge on any atom is 0.115 e. The number of nitrogens with zero attached hydrogens (tertiary/aromatic N) is 1. The van der Waals surface area contributed by atoms with Crippen LogP contribution in [0, 0.1) is 6.92 Å². The average molecular weight is 188 g/mol. The van der Waals surface area contributed by atoms with E-state index in [0.717, 1.165) is 17.8 Å². The summed E-state index contributed by atoms with van der Waals surface area (Å²) >= 11 is 0. The average Bonchev–Trinajstić information content (AvgIpc) is 2.64. The summed E-state index contributed by atoms with van der Waals surface area (Å²) in [5.74, 6) is 1.22. The van der Waals surface area contributed by atoms with Crippen LogP contribution >= 0.6 is 0 Å². The lowest BCUT2D eigenvalue weighted by Crippen LogP contribution is -1.93. The number of aryl methyl sites for hydroxylation is 1. The van der Waals surface area contributed by atoms with Gasteiger partial charge in [0.15, 0.2) is 0 Å². The van der Waals surface area contributed by atoms with Gasteiger partial charge in [-0.1, -0.05) is 6.07 Å². The molecule has 0 aliphatic rings. The number of aromatic nitrogens is 2. The predicted molar refractivity (Wildman–Crippen MR) is 54.2 cm³/mol. The SMILES string of the molecule is Cc1ccc(O)cc1Cc1ncc[nH]1. The number of aromatic amines is 1. The van der Waals surface area contributed by atoms with Crippen LogP contribution in [0.1, 0.15) is 17.0 Å². The van der Waals surface area contributed by atoms with Crippen LogP contribution in [-0.4, -0.2) is 15.1 Å². The first kappa shape index (κ1) is 8.81. The number of H-pyrrole nitrogens is 1. The van der Waals surface area contributed by atoms with Gasteiger partial charge < -0.3 is 10.1 Å². The highest BCUT2D eigenvalue weighted by Crippen LogP contribution is 2.17. The molecule has 1 aromatic heterocycles. The number of hydrogen-bond donors (Lipinski definition) is 2. The first-order chi connectivity index (χ1) is 6.75. The van der Waals surface area contributed by atoms with E-state index in [0.29, 0.717) is 5.75 Å². The fraction of sp³-hybridized carbons (Fsp3) is 0.182. The van der Waals surface area contributed by atoms with Gasteiger partial charge in [-0.3, -0.25) is 0 Å². The highest BCUT2D eigenvalue weighted by molar-refractivity contribution is 5.35. The molecule has 2 N–H and O–H groups in total. The van der Waals surface area contributed by atoms with Crippen LogP contribution in [-0.2, 0) is 6.42 Å². The Morgan fingerprint density at radius 1 is 1.43 bits per heavy atom. The monoisotopic (exact) mass is 188 g/mol. The summed E-state index contributed by atoms with van der Waals surface area (Å²) in [5.41, 5.74) is 2.26. The van der Waals surface area contributed by atoms with Crippen molar-refractivity contribution in [2.24, 2.45) is 0 Å². The van der Waals surface area contributed by atoms with E-state index >= 15 is 0 Å². The van der Waals surface area contributed by atoms with Gasteiger partial charge >= 0.3 is 0 Å². The molecule has 0 saturated carbocycles. The topological polar surface area (TPSA) is 48.9 Å². The molecule has 3 nitrogen and oxygen atoms in total. The molecule has 0 atom stereocenters. The highest BCUT2D eigenvalue weighted by Gasteiger charge is 2.02. The molecule has 0 aliphatic carbocycles. The third-order valence-corrected chi connectivity index (χ3v) is 2.25. The molecule has 0 unspecified atom stereocenters. The normalized spacial score (nSPS) is 10.4. The number of phenolic OH excluding ortho intramolecular Hbond substituents is 1. The van der Waals surface area contributed by atoms with E-state index < -0.39 is 0 Å². The summed E-state index contributed by atoms with van der Waals surface area (Å²) in [6.45, 7) is 2.03. The van der Waals surface area contributed by atoms with Crippen molar-refractivity contribution in [1.82, 2.24) is 9.97 Å². The van der Waals surface area contributed by atoms with Gasteiger partial charge in [0.05, 0.1) is 0 Å². The minimum Gasteiger partial charge on any atom is -0.508 e. The third kappa shape index (κ3) is 1.76. The minimum atomic E-state index is 0.303. The van der Waals surface area contributed by atoms with E-state index in [1.165, 1.54) is 5.56 Å². The highest BCUT2D eigenvalue weighted by atomic mass is 16.3. The van der Waals surface area contributed by atoms with E-state index in [2.05, 4.69) is 9.97 Å². The molecule has 72 valence electrons. The summed E-state index contributed by atoms with van der Waals surface area (Å²) in [7, 11) is 0. The molecule has 0 amide bonds. The van der Waals surface area contributed by atoms with Crippen LogP contribution in [0.5, 0.6) is 5.75 Å². The van der Waals surface area contributed by atoms with Crippen LogP contribution in [0.25, 0.3) is 0 Å². The van der Waals surface area contributed by atoms with Crippen LogP contribution < -0.4 is 0 Å². The third-order valence-electron chi connectivity index (χ3n) is 2.25. The fourth-order valence-electron chi connectivity index (χ4n) is 1.42. The molecule has 0 bridgehead atoms. The zero-order valence-electron chi connectivity index (χ0n) is 7.99. The van der Waals surface area contributed by atoms with Gasteiger partial charge in [0.25, 0.3) is 0 Å². The molecule has 2 rings (SSSR count). The summed E-state index contributed by atoms with van der Waals surface area (Å²) < 4.78 is 0. The van der Waals surface area contributed by atoms with Crippen molar-refractivity contribution in [2.75, 3.05) is 0 Å². The van der Waals surface area contributed by atoms with Gasteiger partial charge in [-0.25, -0.2) is 4.98 Å². The maximum atomic E-state index is 9.34. The van der Waals surface area contributed by atoms with Crippen molar-refractivity contribution in [2.45, 2.75) is 13.3 Å². The van der Waals surface area contributed by atoms with Crippen molar-refractivity contribution in [3.8, 4) is 5.75 Å². The number of phenols is 1. The molecule has 0 fully saturated rings. The lowest BCUT2D eigenvalue weighted by Gasteiger charge is -2.04. The lowest BCUT2D eigenvalue weighted by molar-refractivity contribution is 0.474. The maximum absolute atomic E-state index is 9.34. The second-order valence-corrected chi connectivity index (χ2v) is 3.32. The Balaban J connectivity index is 2.28. The Kier molecular flexibility index (Phi) is 2.23. The fourth-order valence-corrected chi connectivity index (χ4v) is 1.42. The van der Waals surface area contributed by atoms with Gasteiger partial charge in [0.1, 0.15) is 11.6 Å². The smallest absolute Gasteiger partial charge is 0.115 e. The van der Waals surface area contributed by atoms with Gasteiger partial charge in [0, 0.05) is 18.8 Å². The van der Waals surface area contributed by atoms with Crippen LogP contribution in [0.2, 0.25) is 0 Å². The molecular weight excluding hydrogens is 176 g/mol. The van der Waals surface area contributed by atoms with Crippen molar-refractivity contribution in [3.63, 3.8) is 0 Å². The molecule has 2 aromatic rings. The van der Waals surface area contributed by atoms with Crippen LogP contribution in [0.15, 0.2) is 30.6 Å². The van der Waals surface area contributed by atoms with Crippen molar-refractivity contribution >= 4 is 0 Å². The van der Waals surface area contributed by atoms with Crippen molar-refractivity contribution in [3.05, 3.63) is 47.5 Å². The molecule has 1 heterocycles. The van der Waals surface area contributed by atoms with Crippen molar-refractivity contribution in [1.29, 1.82) is 0 Å². The largest absolute Gasteiger partial charge is 0.508 e. The van der Waals surface area contributed by atoms with E-state index in [4.69, 9.17) is 0 Å². The van der Waals surface area contributed by atoms with E-state index in [9.17, 15) is 5.11 Å². The van der Waals surface area contributed by atoms with Gasteiger partial charge in [-0.15, -0.1) is 0 Å². The second-order valence-electron chi connectivity index (χ2n) is 3.32. The van der Waals surface area contributed by atoms with E-state index in [1.54, 1.807) is 24.5 Å². The van der Waals surface area contributed by atoms with Crippen molar-refractivity contribution < 1.29 is 5.11 Å². The molecule has 14 heavy (non-hydrogen) atoms. The molecule has 0 saturated heterocycles.